The number of anilines is 1. The third-order valence-corrected chi connectivity index (χ3v) is 3.60. The Morgan fingerprint density at radius 3 is 2.70 bits per heavy atom. The standard InChI is InChI=1S/C17H22N6O4/c1-27-13-8-6-12(7-9-13)11-19-21-14(24)5-3-2-4-10-18-15-16(25)20-17(26)23-22-15/h6-9,11H,2-5,10H2,1H3,(H,18,22)(H,21,24)(H2,20,23,25,26). The molecule has 0 spiro atoms. The Hall–Kier alpha value is -3.43. The van der Waals surface area contributed by atoms with Gasteiger partial charge in [0.25, 0.3) is 5.56 Å². The molecule has 0 aliphatic rings. The topological polar surface area (TPSA) is 141 Å². The van der Waals surface area contributed by atoms with Gasteiger partial charge in [0.1, 0.15) is 5.75 Å². The van der Waals surface area contributed by atoms with Crippen LogP contribution in [0.3, 0.4) is 0 Å². The fourth-order valence-corrected chi connectivity index (χ4v) is 2.19. The molecule has 2 rings (SSSR count). The summed E-state index contributed by atoms with van der Waals surface area (Å²) in [7, 11) is 1.60. The van der Waals surface area contributed by atoms with Gasteiger partial charge in [-0.15, -0.1) is 5.10 Å². The molecule has 1 aromatic carbocycles. The van der Waals surface area contributed by atoms with E-state index in [1.807, 2.05) is 24.3 Å². The van der Waals surface area contributed by atoms with E-state index < -0.39 is 11.2 Å². The average Bonchev–Trinajstić information content (AvgIpc) is 2.66. The van der Waals surface area contributed by atoms with Gasteiger partial charge in [-0.05, 0) is 42.7 Å². The van der Waals surface area contributed by atoms with Gasteiger partial charge in [0.05, 0.1) is 13.3 Å². The van der Waals surface area contributed by atoms with Gasteiger partial charge in [0.2, 0.25) is 11.7 Å². The maximum Gasteiger partial charge on any atom is 0.342 e. The van der Waals surface area contributed by atoms with Crippen molar-refractivity contribution in [3.63, 3.8) is 0 Å². The molecule has 144 valence electrons. The highest BCUT2D eigenvalue weighted by atomic mass is 16.5. The molecule has 0 radical (unpaired) electrons. The van der Waals surface area contributed by atoms with Crippen molar-refractivity contribution in [2.24, 2.45) is 5.10 Å². The summed E-state index contributed by atoms with van der Waals surface area (Å²) in [5, 5.41) is 12.5. The molecule has 0 saturated heterocycles. The van der Waals surface area contributed by atoms with Crippen molar-refractivity contribution in [3.8, 4) is 5.75 Å². The molecule has 10 heteroatoms. The van der Waals surface area contributed by atoms with Crippen LogP contribution in [0.25, 0.3) is 0 Å². The van der Waals surface area contributed by atoms with E-state index in [-0.39, 0.29) is 11.7 Å². The summed E-state index contributed by atoms with van der Waals surface area (Å²) in [5.41, 5.74) is 2.13. The number of aromatic amines is 2. The van der Waals surface area contributed by atoms with Gasteiger partial charge in [-0.25, -0.2) is 15.3 Å². The molecular weight excluding hydrogens is 352 g/mol. The number of hydrogen-bond acceptors (Lipinski definition) is 7. The minimum absolute atomic E-state index is 0.0696. The number of nitrogens with one attached hydrogen (secondary N) is 4. The van der Waals surface area contributed by atoms with Crippen LogP contribution in [0.5, 0.6) is 5.75 Å². The summed E-state index contributed by atoms with van der Waals surface area (Å²) < 4.78 is 5.07. The van der Waals surface area contributed by atoms with Crippen molar-refractivity contribution in [1.29, 1.82) is 0 Å². The Morgan fingerprint density at radius 1 is 1.22 bits per heavy atom. The van der Waals surface area contributed by atoms with Crippen molar-refractivity contribution in [1.82, 2.24) is 20.6 Å². The number of aromatic nitrogens is 3. The van der Waals surface area contributed by atoms with Crippen LogP contribution in [-0.2, 0) is 4.79 Å². The third kappa shape index (κ3) is 7.14. The maximum absolute atomic E-state index is 11.7. The number of carbonyl (C=O) groups excluding carboxylic acids is 1. The minimum Gasteiger partial charge on any atom is -0.497 e. The Morgan fingerprint density at radius 2 is 2.00 bits per heavy atom. The molecule has 0 unspecified atom stereocenters. The first kappa shape index (κ1) is 19.9. The predicted molar refractivity (Wildman–Crippen MR) is 101 cm³/mol. The van der Waals surface area contributed by atoms with Gasteiger partial charge in [-0.1, -0.05) is 6.42 Å². The molecule has 27 heavy (non-hydrogen) atoms. The first-order chi connectivity index (χ1) is 13.1. The summed E-state index contributed by atoms with van der Waals surface area (Å²) in [6, 6.07) is 7.30. The van der Waals surface area contributed by atoms with Gasteiger partial charge < -0.3 is 10.1 Å². The van der Waals surface area contributed by atoms with E-state index >= 15 is 0 Å². The highest BCUT2D eigenvalue weighted by Gasteiger charge is 2.02. The van der Waals surface area contributed by atoms with Crippen LogP contribution in [0.1, 0.15) is 31.2 Å². The molecule has 0 fully saturated rings. The number of methoxy groups -OCH3 is 1. The first-order valence-corrected chi connectivity index (χ1v) is 8.47. The van der Waals surface area contributed by atoms with E-state index in [1.165, 1.54) is 0 Å². The van der Waals surface area contributed by atoms with Gasteiger partial charge in [0.15, 0.2) is 0 Å². The number of benzene rings is 1. The SMILES string of the molecule is COc1ccc(C=NNC(=O)CCCCCNc2n[nH]c(=O)[nH]c2=O)cc1. The molecule has 0 saturated carbocycles. The van der Waals surface area contributed by atoms with Gasteiger partial charge in [-0.2, -0.15) is 5.10 Å². The number of carbonyl (C=O) groups is 1. The zero-order chi connectivity index (χ0) is 19.5. The van der Waals surface area contributed by atoms with E-state index in [4.69, 9.17) is 4.74 Å². The molecule has 0 bridgehead atoms. The van der Waals surface area contributed by atoms with Crippen molar-refractivity contribution < 1.29 is 9.53 Å². The van der Waals surface area contributed by atoms with Crippen molar-refractivity contribution in [2.75, 3.05) is 19.0 Å². The number of hydrogen-bond donors (Lipinski definition) is 4. The fourth-order valence-electron chi connectivity index (χ4n) is 2.19. The van der Waals surface area contributed by atoms with Crippen molar-refractivity contribution in [3.05, 3.63) is 50.7 Å². The Bertz CT molecular complexity index is 872. The lowest BCUT2D eigenvalue weighted by Gasteiger charge is -2.04. The number of amides is 1. The van der Waals surface area contributed by atoms with Gasteiger partial charge >= 0.3 is 5.69 Å². The molecule has 0 aliphatic heterocycles. The second-order valence-electron chi connectivity index (χ2n) is 5.66. The molecule has 4 N–H and O–H groups in total. The molecule has 10 nitrogen and oxygen atoms in total. The third-order valence-electron chi connectivity index (χ3n) is 3.60. The number of rotatable bonds is 10. The van der Waals surface area contributed by atoms with Crippen LogP contribution in [0, 0.1) is 0 Å². The van der Waals surface area contributed by atoms with E-state index in [1.54, 1.807) is 13.3 Å². The van der Waals surface area contributed by atoms with E-state index in [2.05, 4.69) is 31.0 Å². The second kappa shape index (κ2) is 10.5. The number of hydrazone groups is 1. The lowest BCUT2D eigenvalue weighted by Crippen LogP contribution is -2.27. The molecule has 1 aromatic heterocycles. The molecule has 0 atom stereocenters. The Kier molecular flexibility index (Phi) is 7.76. The lowest BCUT2D eigenvalue weighted by atomic mass is 10.2. The second-order valence-corrected chi connectivity index (χ2v) is 5.66. The summed E-state index contributed by atoms with van der Waals surface area (Å²) in [6.07, 6.45) is 4.17. The monoisotopic (exact) mass is 374 g/mol. The van der Waals surface area contributed by atoms with Crippen LogP contribution >= 0.6 is 0 Å². The predicted octanol–water partition coefficient (Wildman–Crippen LogP) is 0.589. The van der Waals surface area contributed by atoms with E-state index in [0.29, 0.717) is 19.4 Å². The van der Waals surface area contributed by atoms with Crippen molar-refractivity contribution >= 4 is 17.9 Å². The molecule has 1 heterocycles. The van der Waals surface area contributed by atoms with Crippen LogP contribution < -0.4 is 26.7 Å². The highest BCUT2D eigenvalue weighted by Crippen LogP contribution is 2.09. The number of H-pyrrole nitrogens is 2. The Labute approximate surface area is 155 Å². The zero-order valence-electron chi connectivity index (χ0n) is 14.9. The first-order valence-electron chi connectivity index (χ1n) is 8.47. The van der Waals surface area contributed by atoms with Gasteiger partial charge in [-0.3, -0.25) is 14.6 Å². The number of nitrogens with zero attached hydrogens (tertiary/aromatic N) is 2. The molecular formula is C17H22N6O4. The van der Waals surface area contributed by atoms with Crippen molar-refractivity contribution in [2.45, 2.75) is 25.7 Å². The maximum atomic E-state index is 11.7. The van der Waals surface area contributed by atoms with E-state index in [9.17, 15) is 14.4 Å². The molecule has 0 aliphatic carbocycles. The fraction of sp³-hybridized carbons (Fsp3) is 0.353. The normalized spacial score (nSPS) is 10.7. The number of ether oxygens (including phenoxy) is 1. The zero-order valence-corrected chi connectivity index (χ0v) is 14.9. The van der Waals surface area contributed by atoms with Gasteiger partial charge in [0, 0.05) is 13.0 Å². The smallest absolute Gasteiger partial charge is 0.342 e. The average molecular weight is 374 g/mol. The van der Waals surface area contributed by atoms with E-state index in [0.717, 1.165) is 24.2 Å². The summed E-state index contributed by atoms with van der Waals surface area (Å²) in [4.78, 5) is 36.1. The summed E-state index contributed by atoms with van der Waals surface area (Å²) in [5.74, 6) is 0.665. The summed E-state index contributed by atoms with van der Waals surface area (Å²) >= 11 is 0. The van der Waals surface area contributed by atoms with Crippen LogP contribution in [0.15, 0.2) is 39.0 Å². The minimum atomic E-state index is -0.647. The van der Waals surface area contributed by atoms with Crippen LogP contribution in [0.4, 0.5) is 5.82 Å². The molecule has 2 aromatic rings. The Balaban J connectivity index is 1.58. The quantitative estimate of drug-likeness (QED) is 0.272. The van der Waals surface area contributed by atoms with Crippen LogP contribution in [-0.4, -0.2) is 41.0 Å². The largest absolute Gasteiger partial charge is 0.497 e. The molecule has 1 amide bonds. The number of unbranched alkanes of at least 4 members (excludes halogenated alkanes) is 2. The highest BCUT2D eigenvalue weighted by molar-refractivity contribution is 5.82. The lowest BCUT2D eigenvalue weighted by molar-refractivity contribution is -0.121. The summed E-state index contributed by atoms with van der Waals surface area (Å²) in [6.45, 7) is 0.513. The van der Waals surface area contributed by atoms with Crippen LogP contribution in [0.2, 0.25) is 0 Å².